The second-order valence-corrected chi connectivity index (χ2v) is 4.18. The molecule has 0 amide bonds. The zero-order chi connectivity index (χ0) is 13.1. The molecule has 2 atom stereocenters. The van der Waals surface area contributed by atoms with Crippen LogP contribution < -0.4 is 5.32 Å². The van der Waals surface area contributed by atoms with Gasteiger partial charge in [0.15, 0.2) is 5.41 Å². The average Bonchev–Trinajstić information content (AvgIpc) is 2.66. The van der Waals surface area contributed by atoms with Crippen LogP contribution in [0.25, 0.3) is 0 Å². The van der Waals surface area contributed by atoms with Crippen molar-refractivity contribution >= 4 is 5.97 Å². The number of carbonyl (C=O) groups is 1. The number of methoxy groups -OCH3 is 1. The van der Waals surface area contributed by atoms with E-state index in [2.05, 4.69) is 5.32 Å². The van der Waals surface area contributed by atoms with E-state index in [1.54, 1.807) is 0 Å². The van der Waals surface area contributed by atoms with Crippen molar-refractivity contribution in [3.63, 3.8) is 0 Å². The Hall–Kier alpha value is -0.820. The highest BCUT2D eigenvalue weighted by Crippen LogP contribution is 2.44. The molecule has 1 rings (SSSR count). The fraction of sp³-hybridized carbons (Fsp3) is 0.900. The Morgan fingerprint density at radius 1 is 1.53 bits per heavy atom. The van der Waals surface area contributed by atoms with Crippen LogP contribution in [0.2, 0.25) is 0 Å². The molecule has 1 N–H and O–H groups in total. The second kappa shape index (κ2) is 5.22. The minimum atomic E-state index is -4.60. The monoisotopic (exact) mass is 255 g/mol. The zero-order valence-electron chi connectivity index (χ0n) is 9.76. The maximum atomic E-state index is 12.9. The number of nitrogens with one attached hydrogen (secondary N) is 1. The van der Waals surface area contributed by atoms with Gasteiger partial charge in [-0.2, -0.15) is 13.2 Å². The summed E-state index contributed by atoms with van der Waals surface area (Å²) in [5.41, 5.74) is -2.41. The Morgan fingerprint density at radius 2 is 2.18 bits per heavy atom. The quantitative estimate of drug-likeness (QED) is 0.764. The third-order valence-electron chi connectivity index (χ3n) is 2.80. The van der Waals surface area contributed by atoms with Crippen LogP contribution in [0.1, 0.15) is 13.3 Å². The molecule has 4 nitrogen and oxygen atoms in total. The summed E-state index contributed by atoms with van der Waals surface area (Å²) >= 11 is 0. The number of hydrogen-bond donors (Lipinski definition) is 1. The molecule has 0 aromatic heterocycles. The molecule has 0 aromatic rings. The molecular weight excluding hydrogens is 239 g/mol. The highest BCUT2D eigenvalue weighted by molar-refractivity contribution is 5.79. The number of halogens is 3. The van der Waals surface area contributed by atoms with Crippen molar-refractivity contribution in [2.45, 2.75) is 25.6 Å². The summed E-state index contributed by atoms with van der Waals surface area (Å²) in [5.74, 6) is -1.22. The molecule has 1 aliphatic heterocycles. The number of ether oxygens (including phenoxy) is 2. The van der Waals surface area contributed by atoms with Crippen molar-refractivity contribution in [3.8, 4) is 0 Å². The van der Waals surface area contributed by atoms with Gasteiger partial charge in [-0.1, -0.05) is 0 Å². The molecule has 0 saturated carbocycles. The normalized spacial score (nSPS) is 26.9. The average molecular weight is 255 g/mol. The van der Waals surface area contributed by atoms with E-state index in [0.717, 1.165) is 0 Å². The van der Waals surface area contributed by atoms with E-state index in [9.17, 15) is 18.0 Å². The third-order valence-corrected chi connectivity index (χ3v) is 2.80. The SMILES string of the molecule is COCC(C)OC(=O)C1(C(F)(F)F)CCNC1. The molecular formula is C10H16F3NO3. The maximum absolute atomic E-state index is 12.9. The minimum Gasteiger partial charge on any atom is -0.460 e. The van der Waals surface area contributed by atoms with Gasteiger partial charge in [0.2, 0.25) is 0 Å². The van der Waals surface area contributed by atoms with Crippen LogP contribution in [-0.4, -0.2) is 45.1 Å². The lowest BCUT2D eigenvalue weighted by Crippen LogP contribution is -2.48. The largest absolute Gasteiger partial charge is 0.460 e. The van der Waals surface area contributed by atoms with E-state index in [0.29, 0.717) is 0 Å². The predicted octanol–water partition coefficient (Wildman–Crippen LogP) is 1.11. The lowest BCUT2D eigenvalue weighted by molar-refractivity contribution is -0.232. The van der Waals surface area contributed by atoms with Crippen molar-refractivity contribution < 1.29 is 27.4 Å². The van der Waals surface area contributed by atoms with Gasteiger partial charge in [0.1, 0.15) is 6.10 Å². The first kappa shape index (κ1) is 14.2. The van der Waals surface area contributed by atoms with E-state index in [-0.39, 0.29) is 19.6 Å². The van der Waals surface area contributed by atoms with E-state index < -0.39 is 30.2 Å². The Labute approximate surface area is 97.5 Å². The van der Waals surface area contributed by atoms with Gasteiger partial charge in [-0.05, 0) is 19.9 Å². The van der Waals surface area contributed by atoms with Crippen LogP contribution in [0.3, 0.4) is 0 Å². The lowest BCUT2D eigenvalue weighted by atomic mass is 9.86. The molecule has 1 heterocycles. The van der Waals surface area contributed by atoms with Crippen molar-refractivity contribution in [2.75, 3.05) is 26.8 Å². The molecule has 0 spiro atoms. The molecule has 2 unspecified atom stereocenters. The van der Waals surface area contributed by atoms with E-state index in [4.69, 9.17) is 9.47 Å². The molecule has 7 heteroatoms. The highest BCUT2D eigenvalue weighted by atomic mass is 19.4. The van der Waals surface area contributed by atoms with E-state index in [1.807, 2.05) is 0 Å². The fourth-order valence-electron chi connectivity index (χ4n) is 1.79. The van der Waals surface area contributed by atoms with Crippen molar-refractivity contribution in [2.24, 2.45) is 5.41 Å². The number of hydrogen-bond acceptors (Lipinski definition) is 4. The van der Waals surface area contributed by atoms with Crippen LogP contribution in [0, 0.1) is 5.41 Å². The zero-order valence-corrected chi connectivity index (χ0v) is 9.76. The Balaban J connectivity index is 2.75. The molecule has 0 aromatic carbocycles. The first-order chi connectivity index (χ1) is 7.83. The molecule has 0 radical (unpaired) electrons. The molecule has 0 aliphatic carbocycles. The van der Waals surface area contributed by atoms with Gasteiger partial charge < -0.3 is 14.8 Å². The molecule has 0 bridgehead atoms. The maximum Gasteiger partial charge on any atom is 0.406 e. The highest BCUT2D eigenvalue weighted by Gasteiger charge is 2.62. The van der Waals surface area contributed by atoms with Gasteiger partial charge in [-0.15, -0.1) is 0 Å². The Kier molecular flexibility index (Phi) is 4.37. The summed E-state index contributed by atoms with van der Waals surface area (Å²) < 4.78 is 48.3. The van der Waals surface area contributed by atoms with Crippen molar-refractivity contribution in [1.29, 1.82) is 0 Å². The molecule has 1 aliphatic rings. The van der Waals surface area contributed by atoms with Crippen molar-refractivity contribution in [1.82, 2.24) is 5.32 Å². The summed E-state index contributed by atoms with van der Waals surface area (Å²) in [6.45, 7) is 1.31. The van der Waals surface area contributed by atoms with Gasteiger partial charge in [0.05, 0.1) is 6.61 Å². The van der Waals surface area contributed by atoms with Crippen molar-refractivity contribution in [3.05, 3.63) is 0 Å². The first-order valence-corrected chi connectivity index (χ1v) is 5.31. The van der Waals surface area contributed by atoms with Crippen LogP contribution in [0.15, 0.2) is 0 Å². The number of rotatable bonds is 4. The number of alkyl halides is 3. The number of carbonyl (C=O) groups excluding carboxylic acids is 1. The summed E-state index contributed by atoms with van der Waals surface area (Å²) in [7, 11) is 1.39. The lowest BCUT2D eigenvalue weighted by Gasteiger charge is -2.29. The summed E-state index contributed by atoms with van der Waals surface area (Å²) in [4.78, 5) is 11.7. The standard InChI is InChI=1S/C10H16F3NO3/c1-7(5-16-2)17-8(15)9(10(11,12)13)3-4-14-6-9/h7,14H,3-6H2,1-2H3. The van der Waals surface area contributed by atoms with Crippen LogP contribution in [0.5, 0.6) is 0 Å². The minimum absolute atomic E-state index is 0.0765. The van der Waals surface area contributed by atoms with Gasteiger partial charge in [0, 0.05) is 13.7 Å². The molecule has 1 saturated heterocycles. The van der Waals surface area contributed by atoms with Crippen LogP contribution >= 0.6 is 0 Å². The summed E-state index contributed by atoms with van der Waals surface area (Å²) in [6.07, 6.45) is -5.57. The van der Waals surface area contributed by atoms with Gasteiger partial charge in [0.25, 0.3) is 0 Å². The second-order valence-electron chi connectivity index (χ2n) is 4.18. The first-order valence-electron chi connectivity index (χ1n) is 5.31. The molecule has 17 heavy (non-hydrogen) atoms. The van der Waals surface area contributed by atoms with Gasteiger partial charge in [-0.25, -0.2) is 0 Å². The molecule has 100 valence electrons. The third kappa shape index (κ3) is 2.90. The van der Waals surface area contributed by atoms with Gasteiger partial charge >= 0.3 is 12.1 Å². The number of esters is 1. The van der Waals surface area contributed by atoms with E-state index in [1.165, 1.54) is 14.0 Å². The van der Waals surface area contributed by atoms with Crippen LogP contribution in [-0.2, 0) is 14.3 Å². The predicted molar refractivity (Wildman–Crippen MR) is 53.4 cm³/mol. The topological polar surface area (TPSA) is 47.6 Å². The van der Waals surface area contributed by atoms with E-state index >= 15 is 0 Å². The summed E-state index contributed by atoms with van der Waals surface area (Å²) in [6, 6.07) is 0. The fourth-order valence-corrected chi connectivity index (χ4v) is 1.79. The van der Waals surface area contributed by atoms with Crippen LogP contribution in [0.4, 0.5) is 13.2 Å². The summed E-state index contributed by atoms with van der Waals surface area (Å²) in [5, 5.41) is 2.55. The van der Waals surface area contributed by atoms with Gasteiger partial charge in [-0.3, -0.25) is 4.79 Å². The smallest absolute Gasteiger partial charge is 0.406 e. The Bertz CT molecular complexity index is 274. The Morgan fingerprint density at radius 3 is 2.59 bits per heavy atom. The molecule has 1 fully saturated rings.